The van der Waals surface area contributed by atoms with Crippen molar-refractivity contribution in [3.05, 3.63) is 59.4 Å². The van der Waals surface area contributed by atoms with E-state index < -0.39 is 29.1 Å². The number of esters is 1. The fourth-order valence-electron chi connectivity index (χ4n) is 1.97. The number of ether oxygens (including phenoxy) is 1. The lowest BCUT2D eigenvalue weighted by Crippen LogP contribution is -2.09. The molecule has 0 saturated carbocycles. The highest BCUT2D eigenvalue weighted by molar-refractivity contribution is 5.91. The summed E-state index contributed by atoms with van der Waals surface area (Å²) >= 11 is 0. The van der Waals surface area contributed by atoms with E-state index in [1.54, 1.807) is 0 Å². The van der Waals surface area contributed by atoms with Gasteiger partial charge in [0.15, 0.2) is 0 Å². The average Bonchev–Trinajstić information content (AvgIpc) is 2.46. The Morgan fingerprint density at radius 2 is 1.62 bits per heavy atom. The molecular weight excluding hydrogens is 288 g/mol. The van der Waals surface area contributed by atoms with Gasteiger partial charge in [-0.15, -0.1) is 0 Å². The van der Waals surface area contributed by atoms with Crippen LogP contribution >= 0.6 is 0 Å². The highest BCUT2D eigenvalue weighted by Gasteiger charge is 2.34. The van der Waals surface area contributed by atoms with Crippen LogP contribution in [0.4, 0.5) is 17.6 Å². The quantitative estimate of drug-likeness (QED) is 0.610. The van der Waals surface area contributed by atoms with Gasteiger partial charge in [-0.1, -0.05) is 30.3 Å². The minimum Gasteiger partial charge on any atom is -0.465 e. The van der Waals surface area contributed by atoms with Crippen molar-refractivity contribution in [2.45, 2.75) is 6.18 Å². The van der Waals surface area contributed by atoms with Crippen LogP contribution in [0.3, 0.4) is 0 Å². The number of halogens is 4. The highest BCUT2D eigenvalue weighted by atomic mass is 19.4. The van der Waals surface area contributed by atoms with Crippen LogP contribution in [0, 0.1) is 5.82 Å². The normalized spacial score (nSPS) is 11.3. The van der Waals surface area contributed by atoms with Gasteiger partial charge in [0.05, 0.1) is 18.2 Å². The standard InChI is InChI=1S/C15H10F4O2/c1-21-14(20)11-7-4-6-10(13(11)16)9-5-2-3-8-12(9)15(17,18)19/h2-8H,1H3. The Morgan fingerprint density at radius 3 is 2.24 bits per heavy atom. The van der Waals surface area contributed by atoms with E-state index in [2.05, 4.69) is 4.74 Å². The van der Waals surface area contributed by atoms with Crippen molar-refractivity contribution >= 4 is 5.97 Å². The molecular formula is C15H10F4O2. The maximum absolute atomic E-state index is 14.3. The van der Waals surface area contributed by atoms with Crippen LogP contribution in [0.2, 0.25) is 0 Å². The summed E-state index contributed by atoms with van der Waals surface area (Å²) < 4.78 is 57.6. The van der Waals surface area contributed by atoms with Gasteiger partial charge in [0.1, 0.15) is 5.82 Å². The number of hydrogen-bond donors (Lipinski definition) is 0. The van der Waals surface area contributed by atoms with Gasteiger partial charge in [-0.05, 0) is 17.7 Å². The monoisotopic (exact) mass is 298 g/mol. The smallest absolute Gasteiger partial charge is 0.417 e. The highest BCUT2D eigenvalue weighted by Crippen LogP contribution is 2.38. The van der Waals surface area contributed by atoms with E-state index in [0.29, 0.717) is 0 Å². The molecule has 0 radical (unpaired) electrons. The van der Waals surface area contributed by atoms with Crippen molar-refractivity contribution in [2.75, 3.05) is 7.11 Å². The summed E-state index contributed by atoms with van der Waals surface area (Å²) in [4.78, 5) is 11.4. The number of hydrogen-bond acceptors (Lipinski definition) is 2. The fraction of sp³-hybridized carbons (Fsp3) is 0.133. The number of methoxy groups -OCH3 is 1. The summed E-state index contributed by atoms with van der Waals surface area (Å²) in [6.45, 7) is 0. The Balaban J connectivity index is 2.67. The number of benzene rings is 2. The van der Waals surface area contributed by atoms with Gasteiger partial charge in [-0.2, -0.15) is 13.2 Å². The van der Waals surface area contributed by atoms with Crippen LogP contribution in [0.5, 0.6) is 0 Å². The molecule has 0 aromatic heterocycles. The first-order valence-corrected chi connectivity index (χ1v) is 5.89. The molecule has 0 saturated heterocycles. The molecule has 0 aliphatic carbocycles. The van der Waals surface area contributed by atoms with E-state index in [9.17, 15) is 22.4 Å². The molecule has 110 valence electrons. The zero-order valence-electron chi connectivity index (χ0n) is 10.9. The minimum absolute atomic E-state index is 0.300. The van der Waals surface area contributed by atoms with Crippen LogP contribution in [-0.2, 0) is 10.9 Å². The Hall–Kier alpha value is -2.37. The molecule has 6 heteroatoms. The second-order valence-corrected chi connectivity index (χ2v) is 4.20. The molecule has 2 aromatic carbocycles. The van der Waals surface area contributed by atoms with Crippen molar-refractivity contribution in [2.24, 2.45) is 0 Å². The first-order valence-electron chi connectivity index (χ1n) is 5.89. The first kappa shape index (κ1) is 15.0. The molecule has 0 spiro atoms. The third-order valence-electron chi connectivity index (χ3n) is 2.93. The topological polar surface area (TPSA) is 26.3 Å². The lowest BCUT2D eigenvalue weighted by molar-refractivity contribution is -0.137. The summed E-state index contributed by atoms with van der Waals surface area (Å²) in [6.07, 6.45) is -4.62. The minimum atomic E-state index is -4.62. The average molecular weight is 298 g/mol. The zero-order valence-corrected chi connectivity index (χ0v) is 10.9. The predicted molar refractivity (Wildman–Crippen MR) is 68.2 cm³/mol. The Kier molecular flexibility index (Phi) is 3.97. The molecule has 0 N–H and O–H groups in total. The summed E-state index contributed by atoms with van der Waals surface area (Å²) in [5, 5.41) is 0. The molecule has 2 nitrogen and oxygen atoms in total. The van der Waals surface area contributed by atoms with Crippen molar-refractivity contribution < 1.29 is 27.1 Å². The molecule has 2 aromatic rings. The van der Waals surface area contributed by atoms with Gasteiger partial charge in [-0.3, -0.25) is 0 Å². The number of carbonyl (C=O) groups is 1. The second kappa shape index (κ2) is 5.55. The summed E-state index contributed by atoms with van der Waals surface area (Å²) in [5.41, 5.74) is -2.00. The zero-order chi connectivity index (χ0) is 15.6. The van der Waals surface area contributed by atoms with E-state index in [1.807, 2.05) is 0 Å². The molecule has 0 bridgehead atoms. The van der Waals surface area contributed by atoms with Crippen LogP contribution in [0.15, 0.2) is 42.5 Å². The first-order chi connectivity index (χ1) is 9.86. The van der Waals surface area contributed by atoms with E-state index in [0.717, 1.165) is 25.3 Å². The predicted octanol–water partition coefficient (Wildman–Crippen LogP) is 4.30. The SMILES string of the molecule is COC(=O)c1cccc(-c2ccccc2C(F)(F)F)c1F. The molecule has 2 rings (SSSR count). The van der Waals surface area contributed by atoms with Crippen molar-refractivity contribution in [3.8, 4) is 11.1 Å². The summed E-state index contributed by atoms with van der Waals surface area (Å²) in [6, 6.07) is 8.25. The molecule has 0 unspecified atom stereocenters. The van der Waals surface area contributed by atoms with Crippen LogP contribution in [-0.4, -0.2) is 13.1 Å². The second-order valence-electron chi connectivity index (χ2n) is 4.20. The number of carbonyl (C=O) groups excluding carboxylic acids is 1. The van der Waals surface area contributed by atoms with Crippen LogP contribution < -0.4 is 0 Å². The van der Waals surface area contributed by atoms with Gasteiger partial charge >= 0.3 is 12.1 Å². The Labute approximate surface area is 118 Å². The molecule has 0 aliphatic rings. The number of rotatable bonds is 2. The summed E-state index contributed by atoms with van der Waals surface area (Å²) in [7, 11) is 1.07. The fourth-order valence-corrected chi connectivity index (χ4v) is 1.97. The lowest BCUT2D eigenvalue weighted by atomic mass is 9.97. The van der Waals surface area contributed by atoms with Gasteiger partial charge in [-0.25, -0.2) is 9.18 Å². The molecule has 0 heterocycles. The molecule has 0 amide bonds. The van der Waals surface area contributed by atoms with Crippen LogP contribution in [0.25, 0.3) is 11.1 Å². The van der Waals surface area contributed by atoms with Crippen molar-refractivity contribution in [3.63, 3.8) is 0 Å². The van der Waals surface area contributed by atoms with E-state index in [-0.39, 0.29) is 11.1 Å². The number of alkyl halides is 3. The summed E-state index contributed by atoms with van der Waals surface area (Å²) in [5.74, 6) is -1.99. The van der Waals surface area contributed by atoms with Crippen molar-refractivity contribution in [1.29, 1.82) is 0 Å². The maximum Gasteiger partial charge on any atom is 0.417 e. The van der Waals surface area contributed by atoms with E-state index in [4.69, 9.17) is 0 Å². The van der Waals surface area contributed by atoms with Crippen LogP contribution in [0.1, 0.15) is 15.9 Å². The third kappa shape index (κ3) is 2.89. The molecule has 0 atom stereocenters. The largest absolute Gasteiger partial charge is 0.465 e. The Bertz CT molecular complexity index is 678. The Morgan fingerprint density at radius 1 is 1.00 bits per heavy atom. The lowest BCUT2D eigenvalue weighted by Gasteiger charge is -2.14. The van der Waals surface area contributed by atoms with Gasteiger partial charge in [0.2, 0.25) is 0 Å². The van der Waals surface area contributed by atoms with E-state index in [1.165, 1.54) is 24.3 Å². The van der Waals surface area contributed by atoms with E-state index >= 15 is 0 Å². The van der Waals surface area contributed by atoms with Gasteiger partial charge < -0.3 is 4.74 Å². The van der Waals surface area contributed by atoms with Gasteiger partial charge in [0, 0.05) is 5.56 Å². The maximum atomic E-state index is 14.3. The molecule has 21 heavy (non-hydrogen) atoms. The molecule has 0 aliphatic heterocycles. The van der Waals surface area contributed by atoms with Gasteiger partial charge in [0.25, 0.3) is 0 Å². The third-order valence-corrected chi connectivity index (χ3v) is 2.93. The van der Waals surface area contributed by atoms with Crippen molar-refractivity contribution in [1.82, 2.24) is 0 Å². The molecule has 0 fully saturated rings.